The number of fused-ring (bicyclic) bond motifs is 1. The molecule has 0 saturated carbocycles. The van der Waals surface area contributed by atoms with E-state index in [0.717, 1.165) is 0 Å². The van der Waals surface area contributed by atoms with Crippen LogP contribution in [0.2, 0.25) is 0 Å². The molecule has 0 aliphatic carbocycles. The molecule has 1 aromatic carbocycles. The highest BCUT2D eigenvalue weighted by molar-refractivity contribution is 6.01. The Morgan fingerprint density at radius 2 is 2.22 bits per heavy atom. The zero-order valence-electron chi connectivity index (χ0n) is 9.88. The number of nitrogens with zero attached hydrogens (tertiary/aromatic N) is 2. The lowest BCUT2D eigenvalue weighted by molar-refractivity contribution is -0.118. The van der Waals surface area contributed by atoms with Crippen LogP contribution in [0.1, 0.15) is 17.3 Å². The van der Waals surface area contributed by atoms with Gasteiger partial charge in [0.05, 0.1) is 22.9 Å². The topological polar surface area (TPSA) is 84.2 Å². The van der Waals surface area contributed by atoms with E-state index in [1.807, 2.05) is 0 Å². The smallest absolute Gasteiger partial charge is 0.337 e. The summed E-state index contributed by atoms with van der Waals surface area (Å²) in [5, 5.41) is 11.8. The average molecular weight is 247 g/mol. The minimum atomic E-state index is -0.984. The molecule has 18 heavy (non-hydrogen) atoms. The Morgan fingerprint density at radius 1 is 1.44 bits per heavy atom. The van der Waals surface area contributed by atoms with Crippen molar-refractivity contribution in [2.24, 2.45) is 0 Å². The van der Waals surface area contributed by atoms with Gasteiger partial charge < -0.3 is 15.0 Å². The molecule has 0 unspecified atom stereocenters. The van der Waals surface area contributed by atoms with Crippen LogP contribution in [0.4, 0.5) is 0 Å². The summed E-state index contributed by atoms with van der Waals surface area (Å²) in [6.45, 7) is 2.36. The summed E-state index contributed by atoms with van der Waals surface area (Å²) in [4.78, 5) is 26.1. The highest BCUT2D eigenvalue weighted by Crippen LogP contribution is 2.17. The highest BCUT2D eigenvalue weighted by Gasteiger charge is 2.12. The average Bonchev–Trinajstić information content (AvgIpc) is 2.72. The van der Waals surface area contributed by atoms with E-state index in [9.17, 15) is 9.59 Å². The van der Waals surface area contributed by atoms with Crippen LogP contribution < -0.4 is 5.32 Å². The van der Waals surface area contributed by atoms with Gasteiger partial charge in [-0.25, -0.2) is 9.78 Å². The Morgan fingerprint density at radius 3 is 2.89 bits per heavy atom. The van der Waals surface area contributed by atoms with Gasteiger partial charge >= 0.3 is 5.97 Å². The molecule has 0 aliphatic rings. The van der Waals surface area contributed by atoms with Crippen molar-refractivity contribution in [2.45, 2.75) is 13.5 Å². The second-order valence-corrected chi connectivity index (χ2v) is 3.90. The Balaban J connectivity index is 2.33. The SMILES string of the molecule is CC(=O)NCCn1cnc2cccc(C(=O)O)c21. The van der Waals surface area contributed by atoms with Gasteiger partial charge in [0.25, 0.3) is 0 Å². The number of amides is 1. The molecule has 6 nitrogen and oxygen atoms in total. The molecule has 0 bridgehead atoms. The summed E-state index contributed by atoms with van der Waals surface area (Å²) in [7, 11) is 0. The van der Waals surface area contributed by atoms with Gasteiger partial charge in [0, 0.05) is 20.0 Å². The molecule has 0 fully saturated rings. The number of aromatic nitrogens is 2. The summed E-state index contributed by atoms with van der Waals surface area (Å²) >= 11 is 0. The second kappa shape index (κ2) is 4.87. The maximum atomic E-state index is 11.1. The molecule has 0 spiro atoms. The first-order chi connectivity index (χ1) is 8.59. The van der Waals surface area contributed by atoms with Gasteiger partial charge in [-0.1, -0.05) is 6.07 Å². The van der Waals surface area contributed by atoms with Crippen molar-refractivity contribution >= 4 is 22.9 Å². The number of aromatic carboxylic acids is 1. The third-order valence-corrected chi connectivity index (χ3v) is 2.60. The Labute approximate surface area is 103 Å². The number of benzene rings is 1. The maximum Gasteiger partial charge on any atom is 0.337 e. The van der Waals surface area contributed by atoms with Gasteiger partial charge in [-0.2, -0.15) is 0 Å². The van der Waals surface area contributed by atoms with E-state index in [0.29, 0.717) is 24.1 Å². The molecule has 2 rings (SSSR count). The van der Waals surface area contributed by atoms with Crippen LogP contribution in [0.15, 0.2) is 24.5 Å². The monoisotopic (exact) mass is 247 g/mol. The lowest BCUT2D eigenvalue weighted by atomic mass is 10.2. The number of carbonyl (C=O) groups is 2. The van der Waals surface area contributed by atoms with E-state index < -0.39 is 5.97 Å². The summed E-state index contributed by atoms with van der Waals surface area (Å²) in [6, 6.07) is 4.97. The van der Waals surface area contributed by atoms with Crippen molar-refractivity contribution in [3.8, 4) is 0 Å². The number of imidazole rings is 1. The first kappa shape index (κ1) is 12.1. The van der Waals surface area contributed by atoms with Crippen molar-refractivity contribution < 1.29 is 14.7 Å². The highest BCUT2D eigenvalue weighted by atomic mass is 16.4. The van der Waals surface area contributed by atoms with Crippen LogP contribution >= 0.6 is 0 Å². The van der Waals surface area contributed by atoms with E-state index in [1.54, 1.807) is 29.1 Å². The predicted molar refractivity (Wildman–Crippen MR) is 65.4 cm³/mol. The molecule has 2 aromatic rings. The zero-order chi connectivity index (χ0) is 13.1. The van der Waals surface area contributed by atoms with Crippen LogP contribution in [0.3, 0.4) is 0 Å². The number of carboxylic acids is 1. The third-order valence-electron chi connectivity index (χ3n) is 2.60. The molecular weight excluding hydrogens is 234 g/mol. The minimum absolute atomic E-state index is 0.113. The molecule has 0 saturated heterocycles. The number of carbonyl (C=O) groups excluding carboxylic acids is 1. The second-order valence-electron chi connectivity index (χ2n) is 3.90. The lowest BCUT2D eigenvalue weighted by Crippen LogP contribution is -2.24. The number of nitrogens with one attached hydrogen (secondary N) is 1. The molecule has 1 heterocycles. The largest absolute Gasteiger partial charge is 0.478 e. The molecule has 94 valence electrons. The fourth-order valence-corrected chi connectivity index (χ4v) is 1.82. The first-order valence-corrected chi connectivity index (χ1v) is 5.51. The van der Waals surface area contributed by atoms with E-state index in [4.69, 9.17) is 5.11 Å². The van der Waals surface area contributed by atoms with Gasteiger partial charge in [0.1, 0.15) is 0 Å². The van der Waals surface area contributed by atoms with E-state index in [2.05, 4.69) is 10.3 Å². The number of carboxylic acid groups (broad SMARTS) is 1. The van der Waals surface area contributed by atoms with Crippen LogP contribution in [0.25, 0.3) is 11.0 Å². The van der Waals surface area contributed by atoms with Crippen molar-refractivity contribution in [3.05, 3.63) is 30.1 Å². The molecule has 0 radical (unpaired) electrons. The van der Waals surface area contributed by atoms with Crippen LogP contribution in [0.5, 0.6) is 0 Å². The van der Waals surface area contributed by atoms with E-state index >= 15 is 0 Å². The van der Waals surface area contributed by atoms with Crippen LogP contribution in [-0.2, 0) is 11.3 Å². The van der Waals surface area contributed by atoms with Crippen LogP contribution in [0, 0.1) is 0 Å². The molecule has 0 aliphatic heterocycles. The predicted octanol–water partition coefficient (Wildman–Crippen LogP) is 0.871. The summed E-state index contributed by atoms with van der Waals surface area (Å²) in [5.41, 5.74) is 1.43. The van der Waals surface area contributed by atoms with Gasteiger partial charge in [-0.3, -0.25) is 4.79 Å². The standard InChI is InChI=1S/C12H13N3O3/c1-8(16)13-5-6-15-7-14-10-4-2-3-9(11(10)15)12(17)18/h2-4,7H,5-6H2,1H3,(H,13,16)(H,17,18). The van der Waals surface area contributed by atoms with Crippen molar-refractivity contribution in [1.29, 1.82) is 0 Å². The van der Waals surface area contributed by atoms with Gasteiger partial charge in [-0.15, -0.1) is 0 Å². The normalized spacial score (nSPS) is 10.5. The number of hydrogen-bond acceptors (Lipinski definition) is 3. The Bertz CT molecular complexity index is 604. The molecule has 6 heteroatoms. The van der Waals surface area contributed by atoms with Gasteiger partial charge in [0.15, 0.2) is 0 Å². The number of rotatable bonds is 4. The number of hydrogen-bond donors (Lipinski definition) is 2. The molecule has 1 aromatic heterocycles. The third kappa shape index (κ3) is 2.32. The number of para-hydroxylation sites is 1. The lowest BCUT2D eigenvalue weighted by Gasteiger charge is -2.06. The molecule has 0 atom stereocenters. The van der Waals surface area contributed by atoms with E-state index in [-0.39, 0.29) is 11.5 Å². The minimum Gasteiger partial charge on any atom is -0.478 e. The molecule has 2 N–H and O–H groups in total. The van der Waals surface area contributed by atoms with Gasteiger partial charge in [0.2, 0.25) is 5.91 Å². The van der Waals surface area contributed by atoms with Crippen molar-refractivity contribution in [1.82, 2.24) is 14.9 Å². The van der Waals surface area contributed by atoms with Crippen molar-refractivity contribution in [3.63, 3.8) is 0 Å². The van der Waals surface area contributed by atoms with Crippen LogP contribution in [-0.4, -0.2) is 33.1 Å². The molecular formula is C12H13N3O3. The van der Waals surface area contributed by atoms with E-state index in [1.165, 1.54) is 6.92 Å². The summed E-state index contributed by atoms with van der Waals surface area (Å²) < 4.78 is 1.73. The first-order valence-electron chi connectivity index (χ1n) is 5.51. The summed E-state index contributed by atoms with van der Waals surface area (Å²) in [6.07, 6.45) is 1.58. The van der Waals surface area contributed by atoms with Crippen molar-refractivity contribution in [2.75, 3.05) is 6.54 Å². The fourth-order valence-electron chi connectivity index (χ4n) is 1.82. The maximum absolute atomic E-state index is 11.1. The fraction of sp³-hybridized carbons (Fsp3) is 0.250. The zero-order valence-corrected chi connectivity index (χ0v) is 9.88. The Kier molecular flexibility index (Phi) is 3.27. The summed E-state index contributed by atoms with van der Waals surface area (Å²) in [5.74, 6) is -1.10. The Hall–Kier alpha value is -2.37. The molecule has 1 amide bonds. The quantitative estimate of drug-likeness (QED) is 0.839. The van der Waals surface area contributed by atoms with Gasteiger partial charge in [-0.05, 0) is 12.1 Å².